The van der Waals surface area contributed by atoms with Crippen LogP contribution < -0.4 is 16.6 Å². The number of aromatic amines is 1. The van der Waals surface area contributed by atoms with E-state index < -0.39 is 0 Å². The van der Waals surface area contributed by atoms with Crippen LogP contribution in [0, 0.1) is 0 Å². The first-order valence-electron chi connectivity index (χ1n) is 6.05. The number of hydrogen-bond acceptors (Lipinski definition) is 4. The van der Waals surface area contributed by atoms with E-state index in [1.165, 1.54) is 13.4 Å². The van der Waals surface area contributed by atoms with Gasteiger partial charge in [0.2, 0.25) is 0 Å². The van der Waals surface area contributed by atoms with E-state index in [1.807, 2.05) is 0 Å². The Labute approximate surface area is 102 Å². The summed E-state index contributed by atoms with van der Waals surface area (Å²) in [5, 5.41) is 3.26. The van der Waals surface area contributed by atoms with Gasteiger partial charge < -0.3 is 10.3 Å². The van der Waals surface area contributed by atoms with Gasteiger partial charge in [-0.05, 0) is 25.9 Å². The van der Waals surface area contributed by atoms with Crippen LogP contribution in [-0.4, -0.2) is 32.2 Å². The average molecular weight is 249 g/mol. The first-order chi connectivity index (χ1) is 8.70. The number of aromatic nitrogens is 4. The highest BCUT2D eigenvalue weighted by Crippen LogP contribution is 2.18. The molecule has 2 aromatic heterocycles. The van der Waals surface area contributed by atoms with Crippen LogP contribution in [0.5, 0.6) is 0 Å². The number of nitrogens with zero attached hydrogens (tertiary/aromatic N) is 3. The summed E-state index contributed by atoms with van der Waals surface area (Å²) in [6.07, 6.45) is 3.22. The molecule has 2 aromatic rings. The zero-order chi connectivity index (χ0) is 12.7. The fraction of sp³-hybridized carbons (Fsp3) is 0.545. The fourth-order valence-electron chi connectivity index (χ4n) is 2.53. The van der Waals surface area contributed by atoms with E-state index >= 15 is 0 Å². The number of hydrogen-bond donors (Lipinski definition) is 2. The number of H-pyrrole nitrogens is 1. The quantitative estimate of drug-likeness (QED) is 0.703. The van der Waals surface area contributed by atoms with Gasteiger partial charge in [0.25, 0.3) is 5.56 Å². The van der Waals surface area contributed by atoms with Crippen molar-refractivity contribution < 1.29 is 0 Å². The van der Waals surface area contributed by atoms with Gasteiger partial charge in [-0.25, -0.2) is 9.78 Å². The Bertz CT molecular complexity index is 690. The Hall–Kier alpha value is -1.89. The maximum Gasteiger partial charge on any atom is 0.332 e. The molecule has 1 fully saturated rings. The van der Waals surface area contributed by atoms with Crippen molar-refractivity contribution in [3.8, 4) is 0 Å². The summed E-state index contributed by atoms with van der Waals surface area (Å²) in [6, 6.07) is 0.119. The van der Waals surface area contributed by atoms with Crippen LogP contribution in [0.4, 0.5) is 0 Å². The minimum atomic E-state index is -0.346. The third-order valence-electron chi connectivity index (χ3n) is 3.53. The largest absolute Gasteiger partial charge is 0.332 e. The van der Waals surface area contributed by atoms with Crippen molar-refractivity contribution in [1.82, 2.24) is 24.4 Å². The summed E-state index contributed by atoms with van der Waals surface area (Å²) < 4.78 is 2.80. The molecule has 0 radical (unpaired) electrons. The Morgan fingerprint density at radius 3 is 2.78 bits per heavy atom. The molecule has 3 heterocycles. The van der Waals surface area contributed by atoms with Crippen molar-refractivity contribution in [2.75, 3.05) is 13.1 Å². The van der Waals surface area contributed by atoms with Crippen molar-refractivity contribution in [3.63, 3.8) is 0 Å². The summed E-state index contributed by atoms with van der Waals surface area (Å²) in [5.74, 6) is 0. The Kier molecular flexibility index (Phi) is 2.55. The summed E-state index contributed by atoms with van der Waals surface area (Å²) in [6.45, 7) is 1.77. The van der Waals surface area contributed by atoms with Crippen molar-refractivity contribution >= 4 is 11.2 Å². The molecule has 0 unspecified atom stereocenters. The van der Waals surface area contributed by atoms with E-state index in [1.54, 1.807) is 4.57 Å². The van der Waals surface area contributed by atoms with Gasteiger partial charge in [0.05, 0.1) is 6.33 Å². The molecule has 1 aliphatic heterocycles. The summed E-state index contributed by atoms with van der Waals surface area (Å²) in [5.41, 5.74) is 0.246. The molecular formula is C11H15N5O2. The molecular weight excluding hydrogens is 234 g/mol. The van der Waals surface area contributed by atoms with Crippen molar-refractivity contribution in [3.05, 3.63) is 27.2 Å². The molecule has 0 aromatic carbocycles. The molecule has 1 saturated heterocycles. The van der Waals surface area contributed by atoms with Gasteiger partial charge in [-0.3, -0.25) is 13.9 Å². The van der Waals surface area contributed by atoms with Gasteiger partial charge in [-0.2, -0.15) is 0 Å². The topological polar surface area (TPSA) is 84.7 Å². The van der Waals surface area contributed by atoms with E-state index in [0.29, 0.717) is 11.2 Å². The molecule has 0 atom stereocenters. The predicted molar refractivity (Wildman–Crippen MR) is 66.7 cm³/mol. The smallest absolute Gasteiger partial charge is 0.330 e. The number of rotatable bonds is 1. The van der Waals surface area contributed by atoms with E-state index in [2.05, 4.69) is 15.3 Å². The van der Waals surface area contributed by atoms with Crippen LogP contribution in [0.15, 0.2) is 15.9 Å². The maximum absolute atomic E-state index is 12.3. The summed E-state index contributed by atoms with van der Waals surface area (Å²) in [7, 11) is 1.50. The molecule has 1 aliphatic rings. The Morgan fingerprint density at radius 2 is 2.06 bits per heavy atom. The second-order valence-corrected chi connectivity index (χ2v) is 4.60. The first kappa shape index (κ1) is 11.2. The summed E-state index contributed by atoms with van der Waals surface area (Å²) in [4.78, 5) is 31.1. The molecule has 0 aliphatic carbocycles. The second-order valence-electron chi connectivity index (χ2n) is 4.60. The van der Waals surface area contributed by atoms with Crippen LogP contribution in [0.25, 0.3) is 11.2 Å². The lowest BCUT2D eigenvalue weighted by Crippen LogP contribution is -2.42. The molecule has 96 valence electrons. The number of nitrogens with one attached hydrogen (secondary N) is 2. The highest BCUT2D eigenvalue weighted by atomic mass is 16.2. The zero-order valence-electron chi connectivity index (χ0n) is 10.1. The van der Waals surface area contributed by atoms with E-state index in [4.69, 9.17) is 0 Å². The number of imidazole rings is 1. The van der Waals surface area contributed by atoms with Gasteiger partial charge in [0.1, 0.15) is 5.65 Å². The van der Waals surface area contributed by atoms with Gasteiger partial charge in [0, 0.05) is 13.1 Å². The minimum Gasteiger partial charge on any atom is -0.330 e. The standard InChI is InChI=1S/C11H15N5O2/c1-15-10(17)8-9(14-6-13-8)16(11(15)18)7-2-4-12-5-3-7/h6-7,12H,2-5H2,1H3,(H,13,14). The predicted octanol–water partition coefficient (Wildman–Crippen LogP) is -0.652. The van der Waals surface area contributed by atoms with E-state index in [-0.39, 0.29) is 17.3 Å². The van der Waals surface area contributed by atoms with Gasteiger partial charge in [0.15, 0.2) is 5.52 Å². The molecule has 2 N–H and O–H groups in total. The lowest BCUT2D eigenvalue weighted by atomic mass is 10.1. The zero-order valence-corrected chi connectivity index (χ0v) is 10.1. The number of piperidine rings is 1. The van der Waals surface area contributed by atoms with Gasteiger partial charge in [-0.15, -0.1) is 0 Å². The lowest BCUT2D eigenvalue weighted by molar-refractivity contribution is 0.359. The maximum atomic E-state index is 12.3. The monoisotopic (exact) mass is 249 g/mol. The van der Waals surface area contributed by atoms with Gasteiger partial charge in [-0.1, -0.05) is 0 Å². The van der Waals surface area contributed by atoms with E-state index in [0.717, 1.165) is 30.5 Å². The van der Waals surface area contributed by atoms with E-state index in [9.17, 15) is 9.59 Å². The first-order valence-corrected chi connectivity index (χ1v) is 6.05. The van der Waals surface area contributed by atoms with Crippen LogP contribution in [0.1, 0.15) is 18.9 Å². The highest BCUT2D eigenvalue weighted by molar-refractivity contribution is 5.68. The molecule has 7 heteroatoms. The number of fused-ring (bicyclic) bond motifs is 1. The minimum absolute atomic E-state index is 0.119. The fourth-order valence-corrected chi connectivity index (χ4v) is 2.53. The van der Waals surface area contributed by atoms with Crippen LogP contribution in [0.2, 0.25) is 0 Å². The molecule has 18 heavy (non-hydrogen) atoms. The van der Waals surface area contributed by atoms with Crippen LogP contribution in [-0.2, 0) is 7.05 Å². The molecule has 0 spiro atoms. The third kappa shape index (κ3) is 1.51. The second kappa shape index (κ2) is 4.09. The molecule has 3 rings (SSSR count). The summed E-state index contributed by atoms with van der Waals surface area (Å²) >= 11 is 0. The van der Waals surface area contributed by atoms with Crippen LogP contribution in [0.3, 0.4) is 0 Å². The Balaban J connectivity index is 2.30. The molecule has 7 nitrogen and oxygen atoms in total. The van der Waals surface area contributed by atoms with Crippen molar-refractivity contribution in [1.29, 1.82) is 0 Å². The lowest BCUT2D eigenvalue weighted by Gasteiger charge is -2.25. The average Bonchev–Trinajstić information content (AvgIpc) is 2.87. The molecule has 0 bridgehead atoms. The van der Waals surface area contributed by atoms with Gasteiger partial charge >= 0.3 is 5.69 Å². The molecule has 0 amide bonds. The van der Waals surface area contributed by atoms with Crippen molar-refractivity contribution in [2.45, 2.75) is 18.9 Å². The normalized spacial score (nSPS) is 17.4. The van der Waals surface area contributed by atoms with Crippen molar-refractivity contribution in [2.24, 2.45) is 7.05 Å². The Morgan fingerprint density at radius 1 is 1.33 bits per heavy atom. The SMILES string of the molecule is Cn1c(=O)c2nc[nH]c2n(C2CCNCC2)c1=O. The van der Waals surface area contributed by atoms with Crippen LogP contribution >= 0.6 is 0 Å². The molecule has 0 saturated carbocycles. The third-order valence-corrected chi connectivity index (χ3v) is 3.53. The highest BCUT2D eigenvalue weighted by Gasteiger charge is 2.21.